The molecule has 1 aromatic carbocycles. The fourth-order valence-corrected chi connectivity index (χ4v) is 2.28. The van der Waals surface area contributed by atoms with E-state index in [-0.39, 0.29) is 5.56 Å². The number of amides is 1. The van der Waals surface area contributed by atoms with Crippen LogP contribution in [-0.2, 0) is 0 Å². The molecule has 2 heterocycles. The number of carbonyl (C=O) groups is 1. The Morgan fingerprint density at radius 2 is 2.00 bits per heavy atom. The van der Waals surface area contributed by atoms with E-state index in [2.05, 4.69) is 10.3 Å². The Hall–Kier alpha value is -3.15. The molecule has 0 spiro atoms. The normalized spacial score (nSPS) is 10.5. The van der Waals surface area contributed by atoms with Crippen molar-refractivity contribution in [3.63, 3.8) is 0 Å². The van der Waals surface area contributed by atoms with Gasteiger partial charge in [0, 0.05) is 12.4 Å². The zero-order chi connectivity index (χ0) is 16.4. The first-order chi connectivity index (χ1) is 11.1. The highest BCUT2D eigenvalue weighted by Crippen LogP contribution is 2.23. The predicted molar refractivity (Wildman–Crippen MR) is 87.1 cm³/mol. The largest absolute Gasteiger partial charge is 0.495 e. The number of pyridine rings is 1. The second-order valence-corrected chi connectivity index (χ2v) is 5.07. The predicted octanol–water partition coefficient (Wildman–Crippen LogP) is 2.26. The average molecular weight is 309 g/mol. The molecule has 0 fully saturated rings. The molecule has 0 bridgehead atoms. The third kappa shape index (κ3) is 2.78. The van der Waals surface area contributed by atoms with E-state index >= 15 is 0 Å². The first-order valence-electron chi connectivity index (χ1n) is 7.02. The summed E-state index contributed by atoms with van der Waals surface area (Å²) in [6.45, 7) is 1.87. The molecule has 23 heavy (non-hydrogen) atoms. The van der Waals surface area contributed by atoms with E-state index in [0.717, 1.165) is 5.56 Å². The second kappa shape index (κ2) is 5.92. The molecule has 0 unspecified atom stereocenters. The molecule has 1 amide bonds. The minimum absolute atomic E-state index is 0.0287. The number of aromatic nitrogens is 2. The second-order valence-electron chi connectivity index (χ2n) is 5.07. The van der Waals surface area contributed by atoms with Gasteiger partial charge in [0.05, 0.1) is 12.8 Å². The maximum absolute atomic E-state index is 12.5. The van der Waals surface area contributed by atoms with Crippen molar-refractivity contribution < 1.29 is 9.53 Å². The average Bonchev–Trinajstić information content (AvgIpc) is 2.56. The minimum atomic E-state index is -0.525. The Morgan fingerprint density at radius 1 is 1.22 bits per heavy atom. The van der Waals surface area contributed by atoms with E-state index in [0.29, 0.717) is 17.1 Å². The highest BCUT2D eigenvalue weighted by atomic mass is 16.5. The maximum Gasteiger partial charge on any atom is 0.270 e. The molecule has 0 aliphatic rings. The molecule has 3 rings (SSSR count). The Morgan fingerprint density at radius 3 is 2.78 bits per heavy atom. The first-order valence-corrected chi connectivity index (χ1v) is 7.02. The minimum Gasteiger partial charge on any atom is -0.495 e. The van der Waals surface area contributed by atoms with E-state index in [1.165, 1.54) is 17.7 Å². The van der Waals surface area contributed by atoms with Crippen molar-refractivity contribution in [2.75, 3.05) is 12.4 Å². The van der Waals surface area contributed by atoms with Crippen LogP contribution in [-0.4, -0.2) is 22.4 Å². The number of rotatable bonds is 3. The highest BCUT2D eigenvalue weighted by Gasteiger charge is 2.15. The molecule has 0 radical (unpaired) electrons. The molecular formula is C17H15N3O3. The van der Waals surface area contributed by atoms with Crippen molar-refractivity contribution in [3.8, 4) is 5.75 Å². The van der Waals surface area contributed by atoms with E-state index in [9.17, 15) is 9.59 Å². The number of nitrogens with one attached hydrogen (secondary N) is 1. The maximum atomic E-state index is 12.5. The number of hydrogen-bond donors (Lipinski definition) is 1. The molecule has 0 saturated heterocycles. The number of aryl methyl sites for hydroxylation is 1. The number of benzene rings is 1. The van der Waals surface area contributed by atoms with Crippen LogP contribution in [0.15, 0.2) is 53.6 Å². The van der Waals surface area contributed by atoms with Gasteiger partial charge in [-0.2, -0.15) is 0 Å². The van der Waals surface area contributed by atoms with Crippen LogP contribution in [0.3, 0.4) is 0 Å². The Labute approximate surface area is 132 Å². The number of carbonyl (C=O) groups excluding carboxylic acids is 1. The van der Waals surface area contributed by atoms with Crippen LogP contribution in [0.2, 0.25) is 0 Å². The molecule has 6 heteroatoms. The lowest BCUT2D eigenvalue weighted by molar-refractivity contribution is 0.102. The number of fused-ring (bicyclic) bond motifs is 1. The summed E-state index contributed by atoms with van der Waals surface area (Å²) >= 11 is 0. The molecule has 0 aliphatic heterocycles. The quantitative estimate of drug-likeness (QED) is 0.805. The zero-order valence-electron chi connectivity index (χ0n) is 12.7. The third-order valence-electron chi connectivity index (χ3n) is 3.45. The zero-order valence-corrected chi connectivity index (χ0v) is 12.7. The third-order valence-corrected chi connectivity index (χ3v) is 3.45. The lowest BCUT2D eigenvalue weighted by atomic mass is 10.2. The topological polar surface area (TPSA) is 72.7 Å². The van der Waals surface area contributed by atoms with Crippen LogP contribution in [0.5, 0.6) is 5.75 Å². The summed E-state index contributed by atoms with van der Waals surface area (Å²) < 4.78 is 6.55. The standard InChI is InChI=1S/C17H15N3O3/c1-11-7-8-15-18-9-12(17(22)20(15)10-11)16(21)19-13-5-3-4-6-14(13)23-2/h3-10H,1-2H3,(H,19,21). The SMILES string of the molecule is COc1ccccc1NC(=O)c1cnc2ccc(C)cn2c1=O. The van der Waals surface area contributed by atoms with Crippen LogP contribution < -0.4 is 15.6 Å². The Bertz CT molecular complexity index is 947. The summed E-state index contributed by atoms with van der Waals surface area (Å²) in [5.41, 5.74) is 1.46. The van der Waals surface area contributed by atoms with Gasteiger partial charge in [-0.25, -0.2) is 4.98 Å². The van der Waals surface area contributed by atoms with Crippen LogP contribution in [0.25, 0.3) is 5.65 Å². The summed E-state index contributed by atoms with van der Waals surface area (Å²) in [7, 11) is 1.51. The molecular weight excluding hydrogens is 294 g/mol. The number of hydrogen-bond acceptors (Lipinski definition) is 4. The Balaban J connectivity index is 2.01. The summed E-state index contributed by atoms with van der Waals surface area (Å²) in [5, 5.41) is 2.68. The molecule has 3 aromatic rings. The van der Waals surface area contributed by atoms with Crippen molar-refractivity contribution in [1.82, 2.24) is 9.38 Å². The summed E-state index contributed by atoms with van der Waals surface area (Å²) in [6, 6.07) is 10.6. The van der Waals surface area contributed by atoms with E-state index in [1.807, 2.05) is 13.0 Å². The number of para-hydroxylation sites is 2. The van der Waals surface area contributed by atoms with Crippen molar-refractivity contribution in [1.29, 1.82) is 0 Å². The van der Waals surface area contributed by atoms with Gasteiger partial charge in [-0.15, -0.1) is 0 Å². The van der Waals surface area contributed by atoms with Crippen LogP contribution in [0.1, 0.15) is 15.9 Å². The van der Waals surface area contributed by atoms with Crippen LogP contribution in [0.4, 0.5) is 5.69 Å². The molecule has 1 N–H and O–H groups in total. The fraction of sp³-hybridized carbons (Fsp3) is 0.118. The van der Waals surface area contributed by atoms with Crippen molar-refractivity contribution >= 4 is 17.2 Å². The lowest BCUT2D eigenvalue weighted by Crippen LogP contribution is -2.26. The molecule has 0 aliphatic carbocycles. The number of methoxy groups -OCH3 is 1. The first kappa shape index (κ1) is 14.8. The molecule has 0 atom stereocenters. The highest BCUT2D eigenvalue weighted by molar-refractivity contribution is 6.04. The van der Waals surface area contributed by atoms with Crippen molar-refractivity contribution in [2.24, 2.45) is 0 Å². The molecule has 116 valence electrons. The number of ether oxygens (including phenoxy) is 1. The van der Waals surface area contributed by atoms with Gasteiger partial charge < -0.3 is 10.1 Å². The van der Waals surface area contributed by atoms with Gasteiger partial charge in [0.2, 0.25) is 0 Å². The molecule has 6 nitrogen and oxygen atoms in total. The van der Waals surface area contributed by atoms with Gasteiger partial charge >= 0.3 is 0 Å². The van der Waals surface area contributed by atoms with Gasteiger partial charge in [-0.3, -0.25) is 14.0 Å². The summed E-state index contributed by atoms with van der Waals surface area (Å²) in [4.78, 5) is 29.1. The molecule has 0 saturated carbocycles. The smallest absolute Gasteiger partial charge is 0.270 e. The van der Waals surface area contributed by atoms with Gasteiger partial charge in [0.25, 0.3) is 11.5 Å². The number of nitrogens with zero attached hydrogens (tertiary/aromatic N) is 2. The number of anilines is 1. The van der Waals surface area contributed by atoms with Crippen LogP contribution in [0, 0.1) is 6.92 Å². The van der Waals surface area contributed by atoms with Gasteiger partial charge in [0.1, 0.15) is 17.0 Å². The molecule has 2 aromatic heterocycles. The van der Waals surface area contributed by atoms with Gasteiger partial charge in [-0.1, -0.05) is 18.2 Å². The Kier molecular flexibility index (Phi) is 3.80. The summed E-state index contributed by atoms with van der Waals surface area (Å²) in [6.07, 6.45) is 2.95. The monoisotopic (exact) mass is 309 g/mol. The van der Waals surface area contributed by atoms with E-state index in [1.54, 1.807) is 36.5 Å². The van der Waals surface area contributed by atoms with Crippen molar-refractivity contribution in [2.45, 2.75) is 6.92 Å². The fourth-order valence-electron chi connectivity index (χ4n) is 2.28. The van der Waals surface area contributed by atoms with Crippen molar-refractivity contribution in [3.05, 3.63) is 70.3 Å². The van der Waals surface area contributed by atoms with E-state index in [4.69, 9.17) is 4.74 Å². The lowest BCUT2D eigenvalue weighted by Gasteiger charge is -2.10. The van der Waals surface area contributed by atoms with Crippen LogP contribution >= 0.6 is 0 Å². The summed E-state index contributed by atoms with van der Waals surface area (Å²) in [5.74, 6) is -0.00606. The van der Waals surface area contributed by atoms with E-state index < -0.39 is 11.5 Å². The van der Waals surface area contributed by atoms with Gasteiger partial charge in [0.15, 0.2) is 0 Å². The van der Waals surface area contributed by atoms with Gasteiger partial charge in [-0.05, 0) is 30.7 Å².